The van der Waals surface area contributed by atoms with Gasteiger partial charge in [0.25, 0.3) is 5.91 Å². The van der Waals surface area contributed by atoms with Crippen LogP contribution in [0.3, 0.4) is 0 Å². The van der Waals surface area contributed by atoms with E-state index in [1.54, 1.807) is 36.4 Å². The molecular formula is C17H12FNO3. The van der Waals surface area contributed by atoms with E-state index in [0.29, 0.717) is 28.0 Å². The number of fused-ring (bicyclic) bond motifs is 1. The first kappa shape index (κ1) is 14.0. The second-order valence-corrected chi connectivity index (χ2v) is 4.82. The van der Waals surface area contributed by atoms with Crippen LogP contribution in [-0.4, -0.2) is 19.0 Å². The monoisotopic (exact) mass is 297 g/mol. The molecular weight excluding hydrogens is 285 g/mol. The van der Waals surface area contributed by atoms with Crippen molar-refractivity contribution < 1.29 is 18.7 Å². The van der Waals surface area contributed by atoms with Crippen molar-refractivity contribution in [1.82, 2.24) is 0 Å². The van der Waals surface area contributed by atoms with Crippen molar-refractivity contribution in [1.29, 1.82) is 0 Å². The molecule has 2 aromatic rings. The topological polar surface area (TPSA) is 55.4 Å². The van der Waals surface area contributed by atoms with Crippen LogP contribution in [0.4, 0.5) is 10.1 Å². The molecule has 1 aliphatic heterocycles. The highest BCUT2D eigenvalue weighted by atomic mass is 19.1. The van der Waals surface area contributed by atoms with Crippen LogP contribution in [0.1, 0.15) is 21.5 Å². The normalized spacial score (nSPS) is 14.6. The van der Waals surface area contributed by atoms with Crippen molar-refractivity contribution in [3.8, 4) is 0 Å². The zero-order chi connectivity index (χ0) is 15.7. The molecule has 1 heterocycles. The first-order chi connectivity index (χ1) is 10.6. The van der Waals surface area contributed by atoms with E-state index in [4.69, 9.17) is 0 Å². The summed E-state index contributed by atoms with van der Waals surface area (Å²) in [5.74, 6) is -1.07. The van der Waals surface area contributed by atoms with E-state index in [9.17, 15) is 14.0 Å². The average Bonchev–Trinajstić information content (AvgIpc) is 2.84. The summed E-state index contributed by atoms with van der Waals surface area (Å²) in [5, 5.41) is 2.73. The molecule has 0 spiro atoms. The number of esters is 1. The van der Waals surface area contributed by atoms with E-state index in [2.05, 4.69) is 10.1 Å². The number of carbonyl (C=O) groups excluding carboxylic acids is 2. The third-order valence-corrected chi connectivity index (χ3v) is 3.40. The summed E-state index contributed by atoms with van der Waals surface area (Å²) in [7, 11) is 1.30. The molecule has 0 radical (unpaired) electrons. The summed E-state index contributed by atoms with van der Waals surface area (Å²) in [5.41, 5.74) is 2.74. The molecule has 1 aliphatic rings. The highest BCUT2D eigenvalue weighted by molar-refractivity contribution is 6.35. The average molecular weight is 297 g/mol. The molecule has 22 heavy (non-hydrogen) atoms. The minimum absolute atomic E-state index is 0.263. The summed E-state index contributed by atoms with van der Waals surface area (Å²) < 4.78 is 17.6. The van der Waals surface area contributed by atoms with Crippen LogP contribution < -0.4 is 5.32 Å². The Morgan fingerprint density at radius 3 is 2.59 bits per heavy atom. The van der Waals surface area contributed by atoms with E-state index in [1.165, 1.54) is 19.2 Å². The molecule has 110 valence electrons. The van der Waals surface area contributed by atoms with Gasteiger partial charge < -0.3 is 10.1 Å². The van der Waals surface area contributed by atoms with Gasteiger partial charge >= 0.3 is 5.97 Å². The van der Waals surface area contributed by atoms with E-state index < -0.39 is 5.97 Å². The van der Waals surface area contributed by atoms with Crippen molar-refractivity contribution in [2.45, 2.75) is 0 Å². The number of ether oxygens (including phenoxy) is 1. The fraction of sp³-hybridized carbons (Fsp3) is 0.0588. The standard InChI is InChI=1S/C17H12FNO3/c1-22-17(21)11-4-7-15-13(9-11)14(16(20)19-15)8-10-2-5-12(18)6-3-10/h2-9H,1H3,(H,19,20). The van der Waals surface area contributed by atoms with Crippen molar-refractivity contribution >= 4 is 29.2 Å². The molecule has 3 rings (SSSR count). The molecule has 0 saturated heterocycles. The summed E-state index contributed by atoms with van der Waals surface area (Å²) in [6.45, 7) is 0. The van der Waals surface area contributed by atoms with Crippen molar-refractivity contribution in [3.05, 3.63) is 65.0 Å². The van der Waals surface area contributed by atoms with E-state index in [1.807, 2.05) is 0 Å². The maximum absolute atomic E-state index is 12.9. The van der Waals surface area contributed by atoms with Crippen LogP contribution in [0.15, 0.2) is 42.5 Å². The molecule has 1 N–H and O–H groups in total. The number of amides is 1. The predicted molar refractivity (Wildman–Crippen MR) is 80.7 cm³/mol. The van der Waals surface area contributed by atoms with Crippen LogP contribution in [0, 0.1) is 5.82 Å². The summed E-state index contributed by atoms with van der Waals surface area (Å²) in [6, 6.07) is 10.7. The van der Waals surface area contributed by atoms with E-state index in [0.717, 1.165) is 0 Å². The lowest BCUT2D eigenvalue weighted by molar-refractivity contribution is -0.110. The minimum atomic E-state index is -0.469. The predicted octanol–water partition coefficient (Wildman–Crippen LogP) is 3.11. The van der Waals surface area contributed by atoms with Crippen LogP contribution in [-0.2, 0) is 9.53 Å². The molecule has 0 aliphatic carbocycles. The summed E-state index contributed by atoms with van der Waals surface area (Å²) in [4.78, 5) is 23.7. The lowest BCUT2D eigenvalue weighted by Crippen LogP contribution is -2.03. The number of rotatable bonds is 2. The molecule has 0 atom stereocenters. The zero-order valence-electron chi connectivity index (χ0n) is 11.7. The molecule has 0 fully saturated rings. The van der Waals surface area contributed by atoms with Crippen molar-refractivity contribution in [2.24, 2.45) is 0 Å². The van der Waals surface area contributed by atoms with Crippen molar-refractivity contribution in [2.75, 3.05) is 12.4 Å². The van der Waals surface area contributed by atoms with Gasteiger partial charge in [-0.25, -0.2) is 9.18 Å². The fourth-order valence-corrected chi connectivity index (χ4v) is 2.30. The lowest BCUT2D eigenvalue weighted by Gasteiger charge is -2.03. The number of anilines is 1. The van der Waals surface area contributed by atoms with Crippen molar-refractivity contribution in [3.63, 3.8) is 0 Å². The quantitative estimate of drug-likeness (QED) is 0.684. The molecule has 1 amide bonds. The van der Waals surface area contributed by atoms with Gasteiger partial charge in [-0.15, -0.1) is 0 Å². The van der Waals surface area contributed by atoms with Gasteiger partial charge in [0.2, 0.25) is 0 Å². The summed E-state index contributed by atoms with van der Waals surface area (Å²) in [6.07, 6.45) is 1.65. The Morgan fingerprint density at radius 1 is 1.18 bits per heavy atom. The Hall–Kier alpha value is -2.95. The van der Waals surface area contributed by atoms with E-state index >= 15 is 0 Å². The molecule has 0 bridgehead atoms. The van der Waals surface area contributed by atoms with Gasteiger partial charge in [0, 0.05) is 16.8 Å². The zero-order valence-corrected chi connectivity index (χ0v) is 11.7. The number of hydrogen-bond acceptors (Lipinski definition) is 3. The van der Waals surface area contributed by atoms with Gasteiger partial charge in [-0.3, -0.25) is 4.79 Å². The van der Waals surface area contributed by atoms with Crippen LogP contribution in [0.5, 0.6) is 0 Å². The van der Waals surface area contributed by atoms with Crippen LogP contribution in [0.2, 0.25) is 0 Å². The third-order valence-electron chi connectivity index (χ3n) is 3.40. The van der Waals surface area contributed by atoms with Gasteiger partial charge in [-0.05, 0) is 42.0 Å². The van der Waals surface area contributed by atoms with E-state index in [-0.39, 0.29) is 11.7 Å². The van der Waals surface area contributed by atoms with Gasteiger partial charge in [-0.2, -0.15) is 0 Å². The first-order valence-corrected chi connectivity index (χ1v) is 6.60. The lowest BCUT2D eigenvalue weighted by atomic mass is 10.0. The fourth-order valence-electron chi connectivity index (χ4n) is 2.30. The first-order valence-electron chi connectivity index (χ1n) is 6.60. The Bertz CT molecular complexity index is 794. The SMILES string of the molecule is COC(=O)c1ccc2c(c1)C(=Cc1ccc(F)cc1)C(=O)N2. The third kappa shape index (κ3) is 2.48. The molecule has 0 saturated carbocycles. The number of halogens is 1. The number of hydrogen-bond donors (Lipinski definition) is 1. The van der Waals surface area contributed by atoms with Gasteiger partial charge in [0.1, 0.15) is 5.82 Å². The Kier molecular flexibility index (Phi) is 3.47. The van der Waals surface area contributed by atoms with Gasteiger partial charge in [0.05, 0.1) is 12.7 Å². The van der Waals surface area contributed by atoms with Gasteiger partial charge in [0.15, 0.2) is 0 Å². The minimum Gasteiger partial charge on any atom is -0.465 e. The molecule has 0 aromatic heterocycles. The second kappa shape index (κ2) is 5.44. The second-order valence-electron chi connectivity index (χ2n) is 4.82. The maximum atomic E-state index is 12.9. The van der Waals surface area contributed by atoms with Crippen LogP contribution >= 0.6 is 0 Å². The van der Waals surface area contributed by atoms with Gasteiger partial charge in [-0.1, -0.05) is 12.1 Å². The largest absolute Gasteiger partial charge is 0.465 e. The molecule has 4 nitrogen and oxygen atoms in total. The number of carbonyl (C=O) groups is 2. The number of benzene rings is 2. The number of methoxy groups -OCH3 is 1. The molecule has 5 heteroatoms. The highest BCUT2D eigenvalue weighted by Gasteiger charge is 2.25. The molecule has 2 aromatic carbocycles. The smallest absolute Gasteiger partial charge is 0.337 e. The Morgan fingerprint density at radius 2 is 1.91 bits per heavy atom. The summed E-state index contributed by atoms with van der Waals surface area (Å²) >= 11 is 0. The highest BCUT2D eigenvalue weighted by Crippen LogP contribution is 2.34. The maximum Gasteiger partial charge on any atom is 0.337 e. The Balaban J connectivity index is 2.06. The Labute approximate surface area is 126 Å². The number of nitrogens with one attached hydrogen (secondary N) is 1. The molecule has 0 unspecified atom stereocenters. The van der Waals surface area contributed by atoms with Crippen LogP contribution in [0.25, 0.3) is 11.6 Å².